The lowest BCUT2D eigenvalue weighted by Gasteiger charge is -2.32. The lowest BCUT2D eigenvalue weighted by Crippen LogP contribution is -2.41. The molecular weight excluding hydrogens is 206 g/mol. The van der Waals surface area contributed by atoms with Gasteiger partial charge in [0.1, 0.15) is 6.17 Å². The monoisotopic (exact) mass is 228 g/mol. The van der Waals surface area contributed by atoms with E-state index in [2.05, 4.69) is 27.7 Å². The summed E-state index contributed by atoms with van der Waals surface area (Å²) >= 11 is 0. The first-order valence-corrected chi connectivity index (χ1v) is 6.31. The van der Waals surface area contributed by atoms with Crippen molar-refractivity contribution in [2.75, 3.05) is 0 Å². The Kier molecular flexibility index (Phi) is 3.08. The third kappa shape index (κ3) is 2.14. The van der Waals surface area contributed by atoms with Gasteiger partial charge in [-0.25, -0.2) is 4.39 Å². The molecule has 4 heteroatoms. The molecule has 0 radical (unpaired) electrons. The molecule has 0 bridgehead atoms. The quantitative estimate of drug-likeness (QED) is 0.640. The molecule has 0 amide bonds. The molecule has 2 fully saturated rings. The fourth-order valence-corrected chi connectivity index (χ4v) is 2.43. The Morgan fingerprint density at radius 2 is 1.38 bits per heavy atom. The SMILES string of the molecule is CC1(C)OB([C@H]2CC[C@@H](F)CC2)OC1(C)C. The van der Waals surface area contributed by atoms with Crippen molar-refractivity contribution in [2.45, 2.75) is 76.6 Å². The summed E-state index contributed by atoms with van der Waals surface area (Å²) in [6, 6.07) is 0. The first kappa shape index (κ1) is 12.4. The molecule has 0 atom stereocenters. The highest BCUT2D eigenvalue weighted by Crippen LogP contribution is 2.44. The zero-order chi connectivity index (χ0) is 12.0. The summed E-state index contributed by atoms with van der Waals surface area (Å²) in [6.07, 6.45) is 2.48. The van der Waals surface area contributed by atoms with Gasteiger partial charge < -0.3 is 9.31 Å². The van der Waals surface area contributed by atoms with Gasteiger partial charge in [0.2, 0.25) is 0 Å². The molecule has 2 rings (SSSR count). The third-order valence-corrected chi connectivity index (χ3v) is 4.36. The molecule has 92 valence electrons. The Morgan fingerprint density at radius 1 is 0.938 bits per heavy atom. The van der Waals surface area contributed by atoms with Gasteiger partial charge in [0.05, 0.1) is 11.2 Å². The van der Waals surface area contributed by atoms with E-state index in [1.807, 2.05) is 0 Å². The second-order valence-corrected chi connectivity index (χ2v) is 6.14. The normalized spacial score (nSPS) is 37.7. The number of rotatable bonds is 1. The Labute approximate surface area is 98.0 Å². The number of hydrogen-bond acceptors (Lipinski definition) is 2. The Balaban J connectivity index is 1.98. The number of alkyl halides is 1. The Bertz CT molecular complexity index is 244. The van der Waals surface area contributed by atoms with Crippen LogP contribution >= 0.6 is 0 Å². The van der Waals surface area contributed by atoms with Crippen molar-refractivity contribution in [1.82, 2.24) is 0 Å². The summed E-state index contributed by atoms with van der Waals surface area (Å²) in [6.45, 7) is 8.25. The van der Waals surface area contributed by atoms with Gasteiger partial charge in [-0.15, -0.1) is 0 Å². The molecule has 16 heavy (non-hydrogen) atoms. The van der Waals surface area contributed by atoms with Crippen molar-refractivity contribution < 1.29 is 13.7 Å². The molecule has 0 N–H and O–H groups in total. The average Bonchev–Trinajstić information content (AvgIpc) is 2.37. The van der Waals surface area contributed by atoms with Crippen LogP contribution in [0.2, 0.25) is 5.82 Å². The number of hydrogen-bond donors (Lipinski definition) is 0. The largest absolute Gasteiger partial charge is 0.461 e. The van der Waals surface area contributed by atoms with Crippen molar-refractivity contribution in [3.63, 3.8) is 0 Å². The fourth-order valence-electron chi connectivity index (χ4n) is 2.43. The van der Waals surface area contributed by atoms with Crippen molar-refractivity contribution in [1.29, 1.82) is 0 Å². The Hall–Kier alpha value is -0.0851. The highest BCUT2D eigenvalue weighted by atomic mass is 19.1. The van der Waals surface area contributed by atoms with Gasteiger partial charge in [-0.3, -0.25) is 0 Å². The van der Waals surface area contributed by atoms with Crippen LogP contribution in [-0.4, -0.2) is 24.5 Å². The molecule has 0 aromatic carbocycles. The second kappa shape index (κ2) is 3.99. The molecule has 0 spiro atoms. The molecule has 2 nitrogen and oxygen atoms in total. The average molecular weight is 228 g/mol. The minimum atomic E-state index is -0.612. The van der Waals surface area contributed by atoms with Gasteiger partial charge in [-0.05, 0) is 59.2 Å². The van der Waals surface area contributed by atoms with E-state index in [1.165, 1.54) is 0 Å². The minimum absolute atomic E-state index is 0.141. The van der Waals surface area contributed by atoms with Gasteiger partial charge in [0.25, 0.3) is 0 Å². The van der Waals surface area contributed by atoms with E-state index in [-0.39, 0.29) is 18.3 Å². The predicted octanol–water partition coefficient (Wildman–Crippen LogP) is 3.36. The van der Waals surface area contributed by atoms with Crippen LogP contribution < -0.4 is 0 Å². The smallest absolute Gasteiger partial charge is 0.403 e. The van der Waals surface area contributed by atoms with Crippen molar-refractivity contribution >= 4 is 7.12 Å². The van der Waals surface area contributed by atoms with Crippen molar-refractivity contribution in [3.05, 3.63) is 0 Å². The van der Waals surface area contributed by atoms with E-state index < -0.39 is 6.17 Å². The van der Waals surface area contributed by atoms with E-state index in [4.69, 9.17) is 9.31 Å². The maximum absolute atomic E-state index is 13.1. The molecule has 1 aliphatic carbocycles. The summed E-state index contributed by atoms with van der Waals surface area (Å²) in [7, 11) is -0.141. The standard InChI is InChI=1S/C12H22BFO2/c1-11(2)12(3,4)16-13(15-11)9-5-7-10(14)8-6-9/h9-10H,5-8H2,1-4H3/t9-,10+. The highest BCUT2D eigenvalue weighted by molar-refractivity contribution is 6.47. The maximum atomic E-state index is 13.1. The molecule has 0 aromatic rings. The fraction of sp³-hybridized carbons (Fsp3) is 1.00. The van der Waals surface area contributed by atoms with Crippen LogP contribution in [-0.2, 0) is 9.31 Å². The van der Waals surface area contributed by atoms with Crippen LogP contribution in [0.5, 0.6) is 0 Å². The minimum Gasteiger partial charge on any atom is -0.403 e. The van der Waals surface area contributed by atoms with E-state index in [0.717, 1.165) is 12.8 Å². The van der Waals surface area contributed by atoms with Gasteiger partial charge >= 0.3 is 7.12 Å². The van der Waals surface area contributed by atoms with Crippen LogP contribution in [0.4, 0.5) is 4.39 Å². The lowest BCUT2D eigenvalue weighted by molar-refractivity contribution is 0.00578. The summed E-state index contributed by atoms with van der Waals surface area (Å²) in [5.74, 6) is 0.369. The van der Waals surface area contributed by atoms with Crippen LogP contribution in [0.3, 0.4) is 0 Å². The molecule has 1 saturated carbocycles. The van der Waals surface area contributed by atoms with Gasteiger partial charge in [0.15, 0.2) is 0 Å². The Morgan fingerprint density at radius 3 is 1.81 bits per heavy atom. The topological polar surface area (TPSA) is 18.5 Å². The lowest BCUT2D eigenvalue weighted by atomic mass is 9.64. The zero-order valence-electron chi connectivity index (χ0n) is 10.8. The van der Waals surface area contributed by atoms with Crippen LogP contribution in [0, 0.1) is 0 Å². The van der Waals surface area contributed by atoms with Gasteiger partial charge in [-0.1, -0.05) is 0 Å². The molecule has 1 heterocycles. The van der Waals surface area contributed by atoms with E-state index >= 15 is 0 Å². The van der Waals surface area contributed by atoms with Crippen LogP contribution in [0.1, 0.15) is 53.4 Å². The zero-order valence-corrected chi connectivity index (χ0v) is 10.8. The number of halogens is 1. The van der Waals surface area contributed by atoms with E-state index in [1.54, 1.807) is 0 Å². The summed E-state index contributed by atoms with van der Waals surface area (Å²) in [4.78, 5) is 0. The third-order valence-electron chi connectivity index (χ3n) is 4.36. The van der Waals surface area contributed by atoms with Gasteiger partial charge in [0, 0.05) is 0 Å². The highest BCUT2D eigenvalue weighted by Gasteiger charge is 2.53. The molecule has 2 aliphatic rings. The van der Waals surface area contributed by atoms with Crippen LogP contribution in [0.15, 0.2) is 0 Å². The van der Waals surface area contributed by atoms with E-state index in [0.29, 0.717) is 18.7 Å². The van der Waals surface area contributed by atoms with Crippen molar-refractivity contribution in [3.8, 4) is 0 Å². The molecular formula is C12H22BFO2. The maximum Gasteiger partial charge on any atom is 0.461 e. The summed E-state index contributed by atoms with van der Waals surface area (Å²) < 4.78 is 25.1. The first-order chi connectivity index (χ1) is 7.32. The summed E-state index contributed by atoms with van der Waals surface area (Å²) in [5, 5.41) is 0. The molecule has 0 unspecified atom stereocenters. The van der Waals surface area contributed by atoms with Crippen LogP contribution in [0.25, 0.3) is 0 Å². The summed E-state index contributed by atoms with van der Waals surface area (Å²) in [5.41, 5.74) is -0.519. The molecule has 0 aromatic heterocycles. The second-order valence-electron chi connectivity index (χ2n) is 6.14. The van der Waals surface area contributed by atoms with E-state index in [9.17, 15) is 4.39 Å². The van der Waals surface area contributed by atoms with Gasteiger partial charge in [-0.2, -0.15) is 0 Å². The van der Waals surface area contributed by atoms with Crippen molar-refractivity contribution in [2.24, 2.45) is 0 Å². The molecule has 1 aliphatic heterocycles. The predicted molar refractivity (Wildman–Crippen MR) is 63.2 cm³/mol. The molecule has 1 saturated heterocycles. The first-order valence-electron chi connectivity index (χ1n) is 6.31.